The van der Waals surface area contributed by atoms with E-state index in [1.807, 2.05) is 0 Å². The van der Waals surface area contributed by atoms with E-state index in [2.05, 4.69) is 0 Å². The van der Waals surface area contributed by atoms with Crippen molar-refractivity contribution in [2.24, 2.45) is 0 Å². The van der Waals surface area contributed by atoms with Crippen LogP contribution in [0.25, 0.3) is 0 Å². The van der Waals surface area contributed by atoms with Gasteiger partial charge in [-0.1, -0.05) is 18.2 Å². The van der Waals surface area contributed by atoms with Gasteiger partial charge in [0.2, 0.25) is 5.79 Å². The fourth-order valence-electron chi connectivity index (χ4n) is 3.43. The summed E-state index contributed by atoms with van der Waals surface area (Å²) in [6.45, 7) is -2.21. The molecule has 0 spiro atoms. The minimum Gasteiger partial charge on any atom is -1.00 e. The second-order valence-corrected chi connectivity index (χ2v) is 7.34. The Morgan fingerprint density at radius 2 is 1.62 bits per heavy atom. The van der Waals surface area contributed by atoms with Crippen molar-refractivity contribution in [3.05, 3.63) is 35.9 Å². The summed E-state index contributed by atoms with van der Waals surface area (Å²) in [4.78, 5) is 12.1. The zero-order valence-corrected chi connectivity index (χ0v) is 19.3. The van der Waals surface area contributed by atoms with E-state index in [0.29, 0.717) is 0 Å². The molecule has 2 aliphatic rings. The van der Waals surface area contributed by atoms with E-state index < -0.39 is 80.6 Å². The van der Waals surface area contributed by atoms with E-state index >= 15 is 0 Å². The number of benzene rings is 1. The van der Waals surface area contributed by atoms with Crippen LogP contribution in [0.15, 0.2) is 30.3 Å². The van der Waals surface area contributed by atoms with E-state index in [4.69, 9.17) is 18.9 Å². The zero-order chi connectivity index (χ0) is 22.8. The maximum atomic E-state index is 12.1. The molecular formula is C19H27NaO12. The average Bonchev–Trinajstić information content (AvgIpc) is 3.04. The molecule has 32 heavy (non-hydrogen) atoms. The Balaban J connectivity index is 0.00000272. The van der Waals surface area contributed by atoms with Crippen LogP contribution in [0.1, 0.15) is 11.8 Å². The normalized spacial score (nSPS) is 39.3. The molecule has 2 saturated heterocycles. The summed E-state index contributed by atoms with van der Waals surface area (Å²) < 4.78 is 21.1. The summed E-state index contributed by atoms with van der Waals surface area (Å²) >= 11 is 0. The van der Waals surface area contributed by atoms with Crippen molar-refractivity contribution in [1.29, 1.82) is 0 Å². The summed E-state index contributed by atoms with van der Waals surface area (Å²) in [6, 6.07) is 7.98. The third-order valence-electron chi connectivity index (χ3n) is 5.28. The molecule has 0 bridgehead atoms. The minimum atomic E-state index is -2.29. The van der Waals surface area contributed by atoms with E-state index in [9.17, 15) is 40.5 Å². The molecule has 9 atom stereocenters. The van der Waals surface area contributed by atoms with Gasteiger partial charge in [-0.15, -0.1) is 0 Å². The molecule has 2 fully saturated rings. The molecular weight excluding hydrogens is 443 g/mol. The standard InChI is InChI=1S/C19H26O12.Na.H/c20-6-10-13(23)16(26)19(8-21,30-10)31-18-15(25)14(24)12(22)11(29-18)7-28-17(27)9-4-2-1-3-5-9;;/h1-5,10-16,18,20-26H,6-8H2;;/q;+1;-1/t10-,11-,12-,13-,14+,15-,16+,18-,19+;;/m1../s1. The summed E-state index contributed by atoms with van der Waals surface area (Å²) in [5, 5.41) is 69.7. The first-order chi connectivity index (χ1) is 14.7. The quantitative estimate of drug-likeness (QED) is 0.147. The molecule has 0 unspecified atom stereocenters. The first-order valence-electron chi connectivity index (χ1n) is 9.59. The summed E-state index contributed by atoms with van der Waals surface area (Å²) in [5.74, 6) is -3.00. The van der Waals surface area contributed by atoms with Gasteiger partial charge in [-0.25, -0.2) is 4.79 Å². The number of esters is 1. The average molecular weight is 470 g/mol. The number of ether oxygens (including phenoxy) is 4. The molecule has 13 heteroatoms. The Labute approximate surface area is 206 Å². The molecule has 0 amide bonds. The maximum absolute atomic E-state index is 12.1. The first kappa shape index (κ1) is 27.5. The third-order valence-corrected chi connectivity index (χ3v) is 5.28. The molecule has 176 valence electrons. The monoisotopic (exact) mass is 470 g/mol. The van der Waals surface area contributed by atoms with Gasteiger partial charge < -0.3 is 56.1 Å². The zero-order valence-electron chi connectivity index (χ0n) is 18.3. The number of aliphatic hydroxyl groups excluding tert-OH is 7. The van der Waals surface area contributed by atoms with Crippen LogP contribution in [0.2, 0.25) is 0 Å². The van der Waals surface area contributed by atoms with Crippen molar-refractivity contribution >= 4 is 5.97 Å². The van der Waals surface area contributed by atoms with E-state index in [-0.39, 0.29) is 36.5 Å². The fraction of sp³-hybridized carbons (Fsp3) is 0.632. The smallest absolute Gasteiger partial charge is 1.00 e. The van der Waals surface area contributed by atoms with Crippen LogP contribution in [0.5, 0.6) is 0 Å². The van der Waals surface area contributed by atoms with Crippen LogP contribution in [0.3, 0.4) is 0 Å². The van der Waals surface area contributed by atoms with Gasteiger partial charge in [-0.3, -0.25) is 0 Å². The molecule has 3 rings (SSSR count). The molecule has 0 radical (unpaired) electrons. The number of rotatable bonds is 7. The maximum Gasteiger partial charge on any atom is 1.00 e. The molecule has 7 N–H and O–H groups in total. The van der Waals surface area contributed by atoms with E-state index in [1.165, 1.54) is 12.1 Å². The van der Waals surface area contributed by atoms with Crippen LogP contribution < -0.4 is 29.6 Å². The van der Waals surface area contributed by atoms with Gasteiger partial charge in [0, 0.05) is 0 Å². The van der Waals surface area contributed by atoms with Crippen molar-refractivity contribution < 1.29 is 90.5 Å². The van der Waals surface area contributed by atoms with E-state index in [0.717, 1.165) is 0 Å². The Kier molecular flexibility index (Phi) is 10.00. The molecule has 1 aromatic rings. The van der Waals surface area contributed by atoms with Crippen molar-refractivity contribution in [3.8, 4) is 0 Å². The SMILES string of the molecule is O=C(OC[C@H]1O[C@H](O[C@]2(CO)O[C@H](CO)[C@@H](O)[C@@H]2O)[C@H](O)[C@@H](O)[C@@H]1O)c1ccccc1.[H-].[Na+]. The number of carbonyl (C=O) groups excluding carboxylic acids is 1. The third kappa shape index (κ3) is 5.50. The Morgan fingerprint density at radius 1 is 0.969 bits per heavy atom. The van der Waals surface area contributed by atoms with Gasteiger partial charge in [0.1, 0.15) is 55.9 Å². The van der Waals surface area contributed by atoms with Crippen molar-refractivity contribution in [2.45, 2.75) is 54.8 Å². The predicted octanol–water partition coefficient (Wildman–Crippen LogP) is -6.41. The Hall–Kier alpha value is -0.710. The van der Waals surface area contributed by atoms with Crippen molar-refractivity contribution in [2.75, 3.05) is 19.8 Å². The summed E-state index contributed by atoms with van der Waals surface area (Å²) in [7, 11) is 0. The van der Waals surface area contributed by atoms with Crippen molar-refractivity contribution in [1.82, 2.24) is 0 Å². The van der Waals surface area contributed by atoms with Crippen molar-refractivity contribution in [3.63, 3.8) is 0 Å². The van der Waals surface area contributed by atoms with Gasteiger partial charge in [0.05, 0.1) is 12.2 Å². The van der Waals surface area contributed by atoms with Gasteiger partial charge in [-0.2, -0.15) is 0 Å². The molecule has 1 aromatic carbocycles. The van der Waals surface area contributed by atoms with Crippen LogP contribution in [0.4, 0.5) is 0 Å². The summed E-state index contributed by atoms with van der Waals surface area (Å²) in [5.41, 5.74) is 0.243. The van der Waals surface area contributed by atoms with Gasteiger partial charge in [0.15, 0.2) is 6.29 Å². The molecule has 0 saturated carbocycles. The minimum absolute atomic E-state index is 0. The second kappa shape index (κ2) is 11.6. The number of hydrogen-bond donors (Lipinski definition) is 7. The Morgan fingerprint density at radius 3 is 2.19 bits per heavy atom. The largest absolute Gasteiger partial charge is 1.00 e. The van der Waals surface area contributed by atoms with Gasteiger partial charge >= 0.3 is 35.5 Å². The first-order valence-corrected chi connectivity index (χ1v) is 9.59. The molecule has 2 heterocycles. The number of carbonyl (C=O) groups is 1. The molecule has 0 aromatic heterocycles. The predicted molar refractivity (Wildman–Crippen MR) is 99.4 cm³/mol. The van der Waals surface area contributed by atoms with Crippen LogP contribution >= 0.6 is 0 Å². The van der Waals surface area contributed by atoms with Crippen LogP contribution in [-0.4, -0.2) is 116 Å². The number of hydrogen-bond acceptors (Lipinski definition) is 12. The topological polar surface area (TPSA) is 196 Å². The molecule has 12 nitrogen and oxygen atoms in total. The molecule has 2 aliphatic heterocycles. The van der Waals surface area contributed by atoms with Crippen LogP contribution in [0, 0.1) is 0 Å². The summed E-state index contributed by atoms with van der Waals surface area (Å²) in [6.07, 6.45) is -13.1. The molecule has 0 aliphatic carbocycles. The van der Waals surface area contributed by atoms with Crippen LogP contribution in [-0.2, 0) is 18.9 Å². The van der Waals surface area contributed by atoms with Gasteiger partial charge in [-0.05, 0) is 12.1 Å². The second-order valence-electron chi connectivity index (χ2n) is 7.34. The van der Waals surface area contributed by atoms with Gasteiger partial charge in [0.25, 0.3) is 0 Å². The fourth-order valence-corrected chi connectivity index (χ4v) is 3.43. The van der Waals surface area contributed by atoms with E-state index in [1.54, 1.807) is 18.2 Å². The Bertz CT molecular complexity index is 745. The number of aliphatic hydroxyl groups is 7.